The van der Waals surface area contributed by atoms with Crippen molar-refractivity contribution >= 4 is 0 Å². The average Bonchev–Trinajstić information content (AvgIpc) is 2.54. The van der Waals surface area contributed by atoms with Gasteiger partial charge in [-0.2, -0.15) is 0 Å². The van der Waals surface area contributed by atoms with Gasteiger partial charge in [0.1, 0.15) is 5.76 Å². The maximum absolute atomic E-state index is 5.91. The molecule has 0 N–H and O–H groups in total. The number of rotatable bonds is 6. The second-order valence-electron chi connectivity index (χ2n) is 7.15. The predicted octanol–water partition coefficient (Wildman–Crippen LogP) is 2.76. The SMILES string of the molecule is COC1C2=C3C(=CN1OC)OCCC3CC(CCCN(C)C)C2. The van der Waals surface area contributed by atoms with Crippen molar-refractivity contribution in [2.75, 3.05) is 41.5 Å². The Morgan fingerprint density at radius 2 is 2.17 bits per heavy atom. The highest BCUT2D eigenvalue weighted by atomic mass is 16.7. The minimum Gasteiger partial charge on any atom is -0.492 e. The van der Waals surface area contributed by atoms with E-state index in [0.29, 0.717) is 5.92 Å². The fourth-order valence-electron chi connectivity index (χ4n) is 4.29. The molecule has 0 aromatic rings. The smallest absolute Gasteiger partial charge is 0.175 e. The zero-order valence-corrected chi connectivity index (χ0v) is 14.9. The van der Waals surface area contributed by atoms with Gasteiger partial charge in [-0.3, -0.25) is 4.84 Å². The molecule has 3 aliphatic rings. The molecular weight excluding hydrogens is 292 g/mol. The van der Waals surface area contributed by atoms with Gasteiger partial charge in [-0.1, -0.05) is 0 Å². The molecule has 0 bridgehead atoms. The summed E-state index contributed by atoms with van der Waals surface area (Å²) in [5, 5.41) is 1.79. The van der Waals surface area contributed by atoms with Crippen molar-refractivity contribution in [3.05, 3.63) is 23.1 Å². The van der Waals surface area contributed by atoms with Gasteiger partial charge < -0.3 is 14.4 Å². The number of allylic oxidation sites excluding steroid dienone is 1. The van der Waals surface area contributed by atoms with Crippen molar-refractivity contribution in [3.8, 4) is 0 Å². The first-order valence-corrected chi connectivity index (χ1v) is 8.72. The van der Waals surface area contributed by atoms with Gasteiger partial charge in [-0.15, -0.1) is 0 Å². The first-order chi connectivity index (χ1) is 11.1. The molecule has 130 valence electrons. The molecule has 5 heteroatoms. The van der Waals surface area contributed by atoms with Crippen LogP contribution < -0.4 is 0 Å². The molecule has 0 spiro atoms. The molecule has 5 nitrogen and oxygen atoms in total. The summed E-state index contributed by atoms with van der Waals surface area (Å²) in [5.41, 5.74) is 2.78. The Morgan fingerprint density at radius 3 is 2.87 bits per heavy atom. The number of nitrogens with zero attached hydrogens (tertiary/aromatic N) is 2. The maximum atomic E-state index is 5.91. The largest absolute Gasteiger partial charge is 0.492 e. The van der Waals surface area contributed by atoms with Crippen molar-refractivity contribution in [1.29, 1.82) is 0 Å². The lowest BCUT2D eigenvalue weighted by atomic mass is 9.71. The van der Waals surface area contributed by atoms with Gasteiger partial charge in [0.25, 0.3) is 0 Å². The van der Waals surface area contributed by atoms with Crippen LogP contribution in [0.25, 0.3) is 0 Å². The molecule has 0 saturated carbocycles. The van der Waals surface area contributed by atoms with Crippen LogP contribution in [0, 0.1) is 11.8 Å². The monoisotopic (exact) mass is 322 g/mol. The molecule has 1 saturated heterocycles. The van der Waals surface area contributed by atoms with Crippen molar-refractivity contribution in [2.24, 2.45) is 11.8 Å². The molecule has 0 amide bonds. The van der Waals surface area contributed by atoms with E-state index in [9.17, 15) is 0 Å². The Morgan fingerprint density at radius 1 is 1.35 bits per heavy atom. The zero-order valence-electron chi connectivity index (χ0n) is 14.9. The first kappa shape index (κ1) is 16.8. The average molecular weight is 322 g/mol. The third-order valence-electron chi connectivity index (χ3n) is 5.30. The van der Waals surface area contributed by atoms with Gasteiger partial charge in [0, 0.05) is 12.7 Å². The summed E-state index contributed by atoms with van der Waals surface area (Å²) in [4.78, 5) is 7.77. The predicted molar refractivity (Wildman–Crippen MR) is 89.3 cm³/mol. The Hall–Kier alpha value is -1.04. The maximum Gasteiger partial charge on any atom is 0.175 e. The lowest BCUT2D eigenvalue weighted by molar-refractivity contribution is -0.189. The van der Waals surface area contributed by atoms with Crippen LogP contribution in [0.3, 0.4) is 0 Å². The molecule has 1 aliphatic carbocycles. The quantitative estimate of drug-likeness (QED) is 0.751. The molecule has 0 radical (unpaired) electrons. The lowest BCUT2D eigenvalue weighted by Gasteiger charge is -2.44. The van der Waals surface area contributed by atoms with E-state index in [1.165, 1.54) is 37.0 Å². The van der Waals surface area contributed by atoms with E-state index < -0.39 is 0 Å². The zero-order chi connectivity index (χ0) is 16.4. The molecule has 1 fully saturated rings. The van der Waals surface area contributed by atoms with Crippen molar-refractivity contribution in [1.82, 2.24) is 9.96 Å². The van der Waals surface area contributed by atoms with Crippen LogP contribution in [0.5, 0.6) is 0 Å². The molecule has 0 aromatic carbocycles. The van der Waals surface area contributed by atoms with Crippen LogP contribution in [-0.4, -0.2) is 57.7 Å². The number of methoxy groups -OCH3 is 1. The van der Waals surface area contributed by atoms with Gasteiger partial charge >= 0.3 is 0 Å². The number of hydrogen-bond donors (Lipinski definition) is 0. The van der Waals surface area contributed by atoms with Crippen LogP contribution in [0.15, 0.2) is 23.1 Å². The fourth-order valence-corrected chi connectivity index (χ4v) is 4.29. The van der Waals surface area contributed by atoms with E-state index in [2.05, 4.69) is 19.0 Å². The normalized spacial score (nSPS) is 30.2. The van der Waals surface area contributed by atoms with Gasteiger partial charge in [0.15, 0.2) is 6.23 Å². The first-order valence-electron chi connectivity index (χ1n) is 8.72. The fraction of sp³-hybridized carbons (Fsp3) is 0.778. The summed E-state index contributed by atoms with van der Waals surface area (Å²) in [6.07, 6.45) is 7.91. The second-order valence-corrected chi connectivity index (χ2v) is 7.15. The Labute approximate surface area is 139 Å². The number of hydrogen-bond acceptors (Lipinski definition) is 5. The van der Waals surface area contributed by atoms with E-state index in [1.807, 2.05) is 6.20 Å². The van der Waals surface area contributed by atoms with Crippen molar-refractivity contribution < 1.29 is 14.3 Å². The highest BCUT2D eigenvalue weighted by Gasteiger charge is 2.41. The standard InChI is InChI=1S/C18H30N2O3/c1-19(2)8-5-6-13-10-14-7-9-23-16-12-20(22-4)18(21-3)15(11-13)17(14)16/h12-14,18H,5-11H2,1-4H3. The van der Waals surface area contributed by atoms with Gasteiger partial charge in [0.05, 0.1) is 19.9 Å². The molecule has 3 atom stereocenters. The molecule has 2 heterocycles. The molecule has 2 aliphatic heterocycles. The van der Waals surface area contributed by atoms with E-state index >= 15 is 0 Å². The summed E-state index contributed by atoms with van der Waals surface area (Å²) >= 11 is 0. The van der Waals surface area contributed by atoms with Gasteiger partial charge in [-0.25, -0.2) is 5.06 Å². The van der Waals surface area contributed by atoms with E-state index in [1.54, 1.807) is 19.3 Å². The number of hydroxylamine groups is 2. The van der Waals surface area contributed by atoms with Crippen LogP contribution in [0.2, 0.25) is 0 Å². The topological polar surface area (TPSA) is 34.2 Å². The van der Waals surface area contributed by atoms with Crippen molar-refractivity contribution in [2.45, 2.75) is 38.3 Å². The minimum atomic E-state index is -0.111. The number of ether oxygens (including phenoxy) is 2. The summed E-state index contributed by atoms with van der Waals surface area (Å²) < 4.78 is 11.7. The lowest BCUT2D eigenvalue weighted by Crippen LogP contribution is -2.42. The second kappa shape index (κ2) is 7.24. The highest BCUT2D eigenvalue weighted by Crippen LogP contribution is 2.47. The van der Waals surface area contributed by atoms with Crippen LogP contribution in [0.4, 0.5) is 0 Å². The highest BCUT2D eigenvalue weighted by molar-refractivity contribution is 5.41. The van der Waals surface area contributed by atoms with Crippen LogP contribution in [-0.2, 0) is 14.3 Å². The van der Waals surface area contributed by atoms with Gasteiger partial charge in [0.2, 0.25) is 0 Å². The summed E-state index contributed by atoms with van der Waals surface area (Å²) in [6, 6.07) is 0. The molecular formula is C18H30N2O3. The van der Waals surface area contributed by atoms with E-state index in [4.69, 9.17) is 14.3 Å². The third-order valence-corrected chi connectivity index (χ3v) is 5.30. The van der Waals surface area contributed by atoms with Crippen LogP contribution >= 0.6 is 0 Å². The molecule has 23 heavy (non-hydrogen) atoms. The Balaban J connectivity index is 1.79. The summed E-state index contributed by atoms with van der Waals surface area (Å²) in [7, 11) is 7.75. The van der Waals surface area contributed by atoms with E-state index in [-0.39, 0.29) is 6.23 Å². The molecule has 3 rings (SSSR count). The van der Waals surface area contributed by atoms with Crippen LogP contribution in [0.1, 0.15) is 32.1 Å². The third kappa shape index (κ3) is 3.42. The molecule has 3 unspecified atom stereocenters. The Kier molecular flexibility index (Phi) is 5.29. The summed E-state index contributed by atoms with van der Waals surface area (Å²) in [6.45, 7) is 1.98. The minimum absolute atomic E-state index is 0.111. The summed E-state index contributed by atoms with van der Waals surface area (Å²) in [5.74, 6) is 2.37. The van der Waals surface area contributed by atoms with Crippen molar-refractivity contribution in [3.63, 3.8) is 0 Å². The molecule has 0 aromatic heterocycles. The van der Waals surface area contributed by atoms with E-state index in [0.717, 1.165) is 31.1 Å². The Bertz CT molecular complexity index is 487. The van der Waals surface area contributed by atoms with Gasteiger partial charge in [-0.05, 0) is 70.2 Å².